The van der Waals surface area contributed by atoms with Gasteiger partial charge in [-0.3, -0.25) is 19.2 Å². The van der Waals surface area contributed by atoms with Crippen LogP contribution in [-0.2, 0) is 6.54 Å². The summed E-state index contributed by atoms with van der Waals surface area (Å²) in [5, 5.41) is 0. The predicted octanol–water partition coefficient (Wildman–Crippen LogP) is 2.28. The second-order valence-electron chi connectivity index (χ2n) is 8.56. The van der Waals surface area contributed by atoms with Gasteiger partial charge in [-0.25, -0.2) is 4.79 Å². The van der Waals surface area contributed by atoms with Crippen molar-refractivity contribution in [3.8, 4) is 0 Å². The van der Waals surface area contributed by atoms with Gasteiger partial charge in [0.1, 0.15) is 5.82 Å². The lowest BCUT2D eigenvalue weighted by atomic mass is 9.95. The van der Waals surface area contributed by atoms with Gasteiger partial charge in [-0.05, 0) is 38.8 Å². The van der Waals surface area contributed by atoms with Crippen LogP contribution in [0.25, 0.3) is 0 Å². The number of nitrogens with one attached hydrogen (secondary N) is 1. The Morgan fingerprint density at radius 3 is 2.21 bits per heavy atom. The van der Waals surface area contributed by atoms with Gasteiger partial charge < -0.3 is 9.47 Å². The first-order chi connectivity index (χ1) is 14.0. The number of aromatic nitrogens is 3. The fraction of sp³-hybridized carbons (Fsp3) is 0.636. The molecule has 0 aromatic carbocycles. The van der Waals surface area contributed by atoms with Crippen molar-refractivity contribution in [3.63, 3.8) is 0 Å². The minimum absolute atomic E-state index is 0.0616. The van der Waals surface area contributed by atoms with Gasteiger partial charge in [-0.2, -0.15) is 0 Å². The van der Waals surface area contributed by atoms with Gasteiger partial charge in [-0.1, -0.05) is 19.3 Å². The van der Waals surface area contributed by atoms with E-state index in [1.54, 1.807) is 6.07 Å². The number of rotatable bonds is 5. The Hall–Kier alpha value is -2.28. The number of nitrogens with zero attached hydrogens (tertiary/aromatic N) is 4. The number of H-pyrrole nitrogens is 1. The van der Waals surface area contributed by atoms with Crippen LogP contribution in [0.15, 0.2) is 27.8 Å². The van der Waals surface area contributed by atoms with Gasteiger partial charge in [-0.15, -0.1) is 0 Å². The number of anilines is 1. The highest BCUT2D eigenvalue weighted by Crippen LogP contribution is 2.26. The maximum absolute atomic E-state index is 12.7. The Morgan fingerprint density at radius 1 is 0.931 bits per heavy atom. The summed E-state index contributed by atoms with van der Waals surface area (Å²) in [6.07, 6.45) is 5.27. The summed E-state index contributed by atoms with van der Waals surface area (Å²) in [5.41, 5.74) is 2.20. The van der Waals surface area contributed by atoms with Crippen molar-refractivity contribution in [1.29, 1.82) is 0 Å². The van der Waals surface area contributed by atoms with Gasteiger partial charge >= 0.3 is 5.69 Å². The van der Waals surface area contributed by atoms with Crippen molar-refractivity contribution >= 4 is 5.82 Å². The van der Waals surface area contributed by atoms with E-state index in [9.17, 15) is 9.59 Å². The molecule has 4 rings (SSSR count). The number of hydrogen-bond acceptors (Lipinski definition) is 4. The van der Waals surface area contributed by atoms with Crippen LogP contribution >= 0.6 is 0 Å². The maximum atomic E-state index is 12.7. The third-order valence-corrected chi connectivity index (χ3v) is 6.66. The smallest absolute Gasteiger partial charge is 0.330 e. The summed E-state index contributed by atoms with van der Waals surface area (Å²) in [6, 6.07) is 6.02. The molecule has 2 fully saturated rings. The van der Waals surface area contributed by atoms with Gasteiger partial charge in [0.05, 0.1) is 0 Å². The molecule has 29 heavy (non-hydrogen) atoms. The lowest BCUT2D eigenvalue weighted by Crippen LogP contribution is -2.49. The Bertz CT molecular complexity index is 892. The highest BCUT2D eigenvalue weighted by Gasteiger charge is 2.22. The van der Waals surface area contributed by atoms with Crippen LogP contribution in [0, 0.1) is 13.8 Å². The second-order valence-corrected chi connectivity index (χ2v) is 8.56. The average Bonchev–Trinajstić information content (AvgIpc) is 3.04. The van der Waals surface area contributed by atoms with Crippen LogP contribution in [0.3, 0.4) is 0 Å². The molecule has 0 spiro atoms. The number of aryl methyl sites for hydroxylation is 2. The number of hydrogen-bond donors (Lipinski definition) is 1. The van der Waals surface area contributed by atoms with Crippen molar-refractivity contribution in [1.82, 2.24) is 19.0 Å². The Kier molecular flexibility index (Phi) is 5.94. The fourth-order valence-corrected chi connectivity index (χ4v) is 4.85. The highest BCUT2D eigenvalue weighted by molar-refractivity contribution is 5.37. The zero-order chi connectivity index (χ0) is 20.4. The summed E-state index contributed by atoms with van der Waals surface area (Å²) in [7, 11) is 0. The van der Waals surface area contributed by atoms with Gasteiger partial charge in [0.15, 0.2) is 0 Å². The molecule has 0 amide bonds. The lowest BCUT2D eigenvalue weighted by molar-refractivity contribution is 0.246. The van der Waals surface area contributed by atoms with E-state index >= 15 is 0 Å². The first-order valence-corrected chi connectivity index (χ1v) is 11.0. The molecule has 1 aliphatic carbocycles. The number of piperazine rings is 1. The monoisotopic (exact) mass is 399 g/mol. The van der Waals surface area contributed by atoms with E-state index in [-0.39, 0.29) is 17.3 Å². The van der Waals surface area contributed by atoms with Crippen LogP contribution in [0.2, 0.25) is 0 Å². The quantitative estimate of drug-likeness (QED) is 0.838. The van der Waals surface area contributed by atoms with Crippen LogP contribution in [0.5, 0.6) is 0 Å². The van der Waals surface area contributed by atoms with Crippen LogP contribution in [0.4, 0.5) is 5.82 Å². The minimum Gasteiger partial charge on any atom is -0.355 e. The Labute approximate surface area is 171 Å². The molecule has 0 bridgehead atoms. The SMILES string of the molecule is Cc1ccc(C)n1CCN1CCN(c2cc(=O)n(C3CCCCC3)c(=O)[nH]2)CC1. The molecule has 1 aliphatic heterocycles. The summed E-state index contributed by atoms with van der Waals surface area (Å²) in [5.74, 6) is 0.670. The molecule has 3 heterocycles. The van der Waals surface area contributed by atoms with Gasteiger partial charge in [0.25, 0.3) is 5.56 Å². The fourth-order valence-electron chi connectivity index (χ4n) is 4.85. The van der Waals surface area contributed by atoms with E-state index in [2.05, 4.69) is 45.3 Å². The molecule has 7 heteroatoms. The standard InChI is InChI=1S/C22H33N5O2/c1-17-8-9-18(2)26(17)15-12-24-10-13-25(14-11-24)20-16-21(28)27(22(29)23-20)19-6-4-3-5-7-19/h8-9,16,19H,3-7,10-15H2,1-2H3,(H,23,29). The lowest BCUT2D eigenvalue weighted by Gasteiger charge is -2.36. The van der Waals surface area contributed by atoms with E-state index in [1.807, 2.05) is 0 Å². The van der Waals surface area contributed by atoms with Gasteiger partial charge in [0.2, 0.25) is 0 Å². The first-order valence-electron chi connectivity index (χ1n) is 11.0. The number of aromatic amines is 1. The Balaban J connectivity index is 1.37. The average molecular weight is 400 g/mol. The molecule has 0 radical (unpaired) electrons. The normalized spacial score (nSPS) is 19.0. The van der Waals surface area contributed by atoms with Gasteiger partial charge in [0, 0.05) is 62.8 Å². The zero-order valence-electron chi connectivity index (χ0n) is 17.7. The third kappa shape index (κ3) is 4.34. The predicted molar refractivity (Wildman–Crippen MR) is 116 cm³/mol. The van der Waals surface area contributed by atoms with Crippen LogP contribution in [-0.4, -0.2) is 51.7 Å². The minimum atomic E-state index is -0.250. The van der Waals surface area contributed by atoms with Crippen LogP contribution < -0.4 is 16.1 Å². The summed E-state index contributed by atoms with van der Waals surface area (Å²) < 4.78 is 3.80. The molecule has 0 atom stereocenters. The van der Waals surface area contributed by atoms with Crippen molar-refractivity contribution in [2.24, 2.45) is 0 Å². The second kappa shape index (κ2) is 8.61. The summed E-state index contributed by atoms with van der Waals surface area (Å²) >= 11 is 0. The third-order valence-electron chi connectivity index (χ3n) is 6.66. The highest BCUT2D eigenvalue weighted by atomic mass is 16.2. The molecule has 0 unspecified atom stereocenters. The molecule has 1 N–H and O–H groups in total. The van der Waals surface area contributed by atoms with Crippen LogP contribution in [0.1, 0.15) is 49.5 Å². The molecule has 7 nitrogen and oxygen atoms in total. The molecule has 2 aliphatic rings. The Morgan fingerprint density at radius 2 is 1.59 bits per heavy atom. The summed E-state index contributed by atoms with van der Waals surface area (Å²) in [6.45, 7) is 9.84. The zero-order valence-corrected chi connectivity index (χ0v) is 17.7. The first kappa shape index (κ1) is 20.0. The van der Waals surface area contributed by atoms with Crippen molar-refractivity contribution < 1.29 is 0 Å². The molecule has 2 aromatic rings. The van der Waals surface area contributed by atoms with E-state index < -0.39 is 0 Å². The molecular weight excluding hydrogens is 366 g/mol. The summed E-state index contributed by atoms with van der Waals surface area (Å²) in [4.78, 5) is 32.9. The van der Waals surface area contributed by atoms with Crippen molar-refractivity contribution in [2.45, 2.75) is 58.5 Å². The molecule has 2 aromatic heterocycles. The molecular formula is C22H33N5O2. The van der Waals surface area contributed by atoms with E-state index in [0.29, 0.717) is 5.82 Å². The van der Waals surface area contributed by atoms with E-state index in [0.717, 1.165) is 65.0 Å². The molecule has 1 saturated carbocycles. The topological polar surface area (TPSA) is 66.3 Å². The van der Waals surface area contributed by atoms with E-state index in [1.165, 1.54) is 22.4 Å². The van der Waals surface area contributed by atoms with Crippen molar-refractivity contribution in [2.75, 3.05) is 37.6 Å². The van der Waals surface area contributed by atoms with Crippen molar-refractivity contribution in [3.05, 3.63) is 50.4 Å². The maximum Gasteiger partial charge on any atom is 0.330 e. The molecule has 1 saturated heterocycles. The van der Waals surface area contributed by atoms with E-state index in [4.69, 9.17) is 0 Å². The molecule has 158 valence electrons. The largest absolute Gasteiger partial charge is 0.355 e.